The Morgan fingerprint density at radius 1 is 1.11 bits per heavy atom. The first kappa shape index (κ1) is 14.2. The van der Waals surface area contributed by atoms with Crippen LogP contribution in [0.25, 0.3) is 0 Å². The van der Waals surface area contributed by atoms with Crippen LogP contribution in [0.15, 0.2) is 24.3 Å². The van der Waals surface area contributed by atoms with E-state index in [1.54, 1.807) is 0 Å². The number of hydrogen-bond acceptors (Lipinski definition) is 2. The van der Waals surface area contributed by atoms with Crippen LogP contribution in [-0.4, -0.2) is 11.8 Å². The van der Waals surface area contributed by atoms with Crippen molar-refractivity contribution < 1.29 is 9.59 Å². The normalized spacial score (nSPS) is 11.1. The number of amides is 2. The first-order valence-corrected chi connectivity index (χ1v) is 5.93. The monoisotopic (exact) mass is 248 g/mol. The van der Waals surface area contributed by atoms with E-state index in [9.17, 15) is 9.59 Å². The number of benzene rings is 1. The Kier molecular flexibility index (Phi) is 4.48. The third-order valence-corrected chi connectivity index (χ3v) is 2.54. The van der Waals surface area contributed by atoms with E-state index in [2.05, 4.69) is 5.32 Å². The van der Waals surface area contributed by atoms with Crippen molar-refractivity contribution in [1.82, 2.24) is 5.32 Å². The third kappa shape index (κ3) is 4.57. The quantitative estimate of drug-likeness (QED) is 0.844. The lowest BCUT2D eigenvalue weighted by atomic mass is 9.95. The van der Waals surface area contributed by atoms with Crippen LogP contribution in [0, 0.1) is 5.41 Å². The summed E-state index contributed by atoms with van der Waals surface area (Å²) in [5.74, 6) is -0.326. The molecule has 0 fully saturated rings. The maximum atomic E-state index is 11.7. The van der Waals surface area contributed by atoms with E-state index < -0.39 is 0 Å². The first-order chi connectivity index (χ1) is 8.29. The average molecular weight is 248 g/mol. The average Bonchev–Trinajstić information content (AvgIpc) is 2.25. The minimum atomic E-state index is -0.383. The molecule has 0 aliphatic heterocycles. The van der Waals surface area contributed by atoms with Gasteiger partial charge in [-0.15, -0.1) is 0 Å². The van der Waals surface area contributed by atoms with E-state index in [1.807, 2.05) is 45.0 Å². The Morgan fingerprint density at radius 2 is 1.61 bits per heavy atom. The Hall–Kier alpha value is -1.84. The zero-order chi connectivity index (χ0) is 13.8. The van der Waals surface area contributed by atoms with Crippen LogP contribution < -0.4 is 11.1 Å². The highest BCUT2D eigenvalue weighted by Gasteiger charge is 2.20. The van der Waals surface area contributed by atoms with Crippen LogP contribution in [-0.2, 0) is 22.6 Å². The summed E-state index contributed by atoms with van der Waals surface area (Å²) in [5, 5.41) is 2.87. The zero-order valence-electron chi connectivity index (χ0n) is 11.1. The molecule has 4 heteroatoms. The standard InChI is InChI=1S/C14H20N2O2/c1-14(2,3)13(18)16-9-11-6-4-10(5-7-11)8-12(15)17/h4-7H,8-9H2,1-3H3,(H2,15,17)(H,16,18). The summed E-state index contributed by atoms with van der Waals surface area (Å²) in [6.07, 6.45) is 0.245. The minimum absolute atomic E-state index is 0.0173. The van der Waals surface area contributed by atoms with Gasteiger partial charge in [-0.3, -0.25) is 9.59 Å². The summed E-state index contributed by atoms with van der Waals surface area (Å²) >= 11 is 0. The van der Waals surface area contributed by atoms with Gasteiger partial charge in [0.25, 0.3) is 0 Å². The summed E-state index contributed by atoms with van der Waals surface area (Å²) in [6, 6.07) is 7.48. The van der Waals surface area contributed by atoms with Gasteiger partial charge in [-0.2, -0.15) is 0 Å². The molecule has 1 aromatic rings. The number of primary amides is 1. The summed E-state index contributed by atoms with van der Waals surface area (Å²) in [6.45, 7) is 6.11. The minimum Gasteiger partial charge on any atom is -0.369 e. The van der Waals surface area contributed by atoms with Crippen LogP contribution in [0.1, 0.15) is 31.9 Å². The van der Waals surface area contributed by atoms with Gasteiger partial charge in [-0.1, -0.05) is 45.0 Å². The number of carbonyl (C=O) groups is 2. The Labute approximate surface area is 108 Å². The van der Waals surface area contributed by atoms with E-state index in [0.29, 0.717) is 6.54 Å². The fourth-order valence-corrected chi connectivity index (χ4v) is 1.42. The summed E-state index contributed by atoms with van der Waals surface area (Å²) < 4.78 is 0. The van der Waals surface area contributed by atoms with Crippen molar-refractivity contribution in [2.45, 2.75) is 33.7 Å². The molecular weight excluding hydrogens is 228 g/mol. The molecule has 0 unspecified atom stereocenters. The van der Waals surface area contributed by atoms with Crippen LogP contribution in [0.2, 0.25) is 0 Å². The van der Waals surface area contributed by atoms with Gasteiger partial charge in [0.15, 0.2) is 0 Å². The molecule has 0 aliphatic carbocycles. The SMILES string of the molecule is CC(C)(C)C(=O)NCc1ccc(CC(N)=O)cc1. The number of hydrogen-bond donors (Lipinski definition) is 2. The number of nitrogens with two attached hydrogens (primary N) is 1. The second-order valence-electron chi connectivity index (χ2n) is 5.39. The predicted molar refractivity (Wildman–Crippen MR) is 70.6 cm³/mol. The van der Waals surface area contributed by atoms with E-state index >= 15 is 0 Å². The largest absolute Gasteiger partial charge is 0.369 e. The molecule has 0 saturated heterocycles. The molecule has 0 heterocycles. The molecule has 0 atom stereocenters. The highest BCUT2D eigenvalue weighted by atomic mass is 16.2. The summed E-state index contributed by atoms with van der Waals surface area (Å²) in [7, 11) is 0. The molecule has 4 nitrogen and oxygen atoms in total. The molecular formula is C14H20N2O2. The molecule has 0 saturated carbocycles. The number of nitrogens with one attached hydrogen (secondary N) is 1. The molecule has 0 aromatic heterocycles. The lowest BCUT2D eigenvalue weighted by Gasteiger charge is -2.17. The van der Waals surface area contributed by atoms with E-state index in [0.717, 1.165) is 11.1 Å². The Morgan fingerprint density at radius 3 is 2.06 bits per heavy atom. The van der Waals surface area contributed by atoms with E-state index in [-0.39, 0.29) is 23.7 Å². The van der Waals surface area contributed by atoms with Crippen molar-refractivity contribution in [3.05, 3.63) is 35.4 Å². The van der Waals surface area contributed by atoms with Crippen molar-refractivity contribution in [3.63, 3.8) is 0 Å². The molecule has 18 heavy (non-hydrogen) atoms. The van der Waals surface area contributed by atoms with Crippen molar-refractivity contribution >= 4 is 11.8 Å². The van der Waals surface area contributed by atoms with Gasteiger partial charge >= 0.3 is 0 Å². The summed E-state index contributed by atoms with van der Waals surface area (Å²) in [5.41, 5.74) is 6.61. The molecule has 1 aromatic carbocycles. The molecule has 2 amide bonds. The van der Waals surface area contributed by atoms with Gasteiger partial charge in [-0.05, 0) is 11.1 Å². The molecule has 3 N–H and O–H groups in total. The predicted octanol–water partition coefficient (Wildman–Crippen LogP) is 1.38. The molecule has 0 aliphatic rings. The zero-order valence-corrected chi connectivity index (χ0v) is 11.1. The fourth-order valence-electron chi connectivity index (χ4n) is 1.42. The van der Waals surface area contributed by atoms with Crippen LogP contribution >= 0.6 is 0 Å². The number of rotatable bonds is 4. The third-order valence-electron chi connectivity index (χ3n) is 2.54. The van der Waals surface area contributed by atoms with Gasteiger partial charge in [0.1, 0.15) is 0 Å². The Bertz CT molecular complexity index is 430. The topological polar surface area (TPSA) is 72.2 Å². The van der Waals surface area contributed by atoms with Gasteiger partial charge < -0.3 is 11.1 Å². The van der Waals surface area contributed by atoms with Gasteiger partial charge in [-0.25, -0.2) is 0 Å². The first-order valence-electron chi connectivity index (χ1n) is 5.93. The summed E-state index contributed by atoms with van der Waals surface area (Å²) in [4.78, 5) is 22.4. The number of carbonyl (C=O) groups excluding carboxylic acids is 2. The highest BCUT2D eigenvalue weighted by Crippen LogP contribution is 2.13. The second kappa shape index (κ2) is 5.67. The Balaban J connectivity index is 2.54. The fraction of sp³-hybridized carbons (Fsp3) is 0.429. The van der Waals surface area contributed by atoms with Crippen molar-refractivity contribution in [2.75, 3.05) is 0 Å². The maximum Gasteiger partial charge on any atom is 0.225 e. The van der Waals surface area contributed by atoms with Crippen LogP contribution in [0.4, 0.5) is 0 Å². The van der Waals surface area contributed by atoms with Gasteiger partial charge in [0.05, 0.1) is 6.42 Å². The van der Waals surface area contributed by atoms with Crippen molar-refractivity contribution in [1.29, 1.82) is 0 Å². The van der Waals surface area contributed by atoms with Crippen LogP contribution in [0.5, 0.6) is 0 Å². The van der Waals surface area contributed by atoms with Gasteiger partial charge in [0, 0.05) is 12.0 Å². The highest BCUT2D eigenvalue weighted by molar-refractivity contribution is 5.81. The smallest absolute Gasteiger partial charge is 0.225 e. The van der Waals surface area contributed by atoms with Crippen molar-refractivity contribution in [3.8, 4) is 0 Å². The van der Waals surface area contributed by atoms with E-state index in [1.165, 1.54) is 0 Å². The van der Waals surface area contributed by atoms with Crippen molar-refractivity contribution in [2.24, 2.45) is 11.1 Å². The molecule has 1 rings (SSSR count). The molecule has 98 valence electrons. The van der Waals surface area contributed by atoms with E-state index in [4.69, 9.17) is 5.73 Å². The maximum absolute atomic E-state index is 11.7. The molecule has 0 radical (unpaired) electrons. The molecule has 0 bridgehead atoms. The lowest BCUT2D eigenvalue weighted by molar-refractivity contribution is -0.128. The van der Waals surface area contributed by atoms with Gasteiger partial charge in [0.2, 0.25) is 11.8 Å². The second-order valence-corrected chi connectivity index (χ2v) is 5.39. The molecule has 0 spiro atoms. The van der Waals surface area contributed by atoms with Crippen LogP contribution in [0.3, 0.4) is 0 Å². The lowest BCUT2D eigenvalue weighted by Crippen LogP contribution is -2.34.